The largest absolute Gasteiger partial charge is 0.388 e. The maximum Gasteiger partial charge on any atom is 0.271 e. The summed E-state index contributed by atoms with van der Waals surface area (Å²) in [6.45, 7) is 4.55. The number of sulfonamides is 1. The Balaban J connectivity index is 2.27. The van der Waals surface area contributed by atoms with Crippen molar-refractivity contribution in [1.29, 1.82) is 0 Å². The third-order valence-corrected chi connectivity index (χ3v) is 6.33. The summed E-state index contributed by atoms with van der Waals surface area (Å²) in [6, 6.07) is 8.24. The molecule has 4 N–H and O–H groups in total. The molecule has 0 aliphatic heterocycles. The molecule has 1 heterocycles. The van der Waals surface area contributed by atoms with Crippen LogP contribution in [0.2, 0.25) is 0 Å². The number of benzene rings is 1. The van der Waals surface area contributed by atoms with Crippen molar-refractivity contribution < 1.29 is 32.6 Å². The van der Waals surface area contributed by atoms with Gasteiger partial charge in [-0.05, 0) is 17.9 Å². The van der Waals surface area contributed by atoms with Crippen molar-refractivity contribution in [1.82, 2.24) is 15.6 Å². The Morgan fingerprint density at radius 3 is 2.47 bits per heavy atom. The van der Waals surface area contributed by atoms with Crippen LogP contribution >= 0.6 is 11.3 Å². The number of carbonyl (C=O) groups is 2. The molecule has 3 atom stereocenters. The second-order valence-electron chi connectivity index (χ2n) is 8.60. The summed E-state index contributed by atoms with van der Waals surface area (Å²) in [7, 11) is -2.06. The first kappa shape index (κ1) is 29.6. The van der Waals surface area contributed by atoms with Gasteiger partial charge < -0.3 is 25.2 Å². The molecule has 200 valence electrons. The highest BCUT2D eigenvalue weighted by Crippen LogP contribution is 2.18. The number of amides is 2. The van der Waals surface area contributed by atoms with Crippen LogP contribution in [0, 0.1) is 5.92 Å². The van der Waals surface area contributed by atoms with Crippen LogP contribution in [0.5, 0.6) is 0 Å². The van der Waals surface area contributed by atoms with Gasteiger partial charge in [0.1, 0.15) is 11.8 Å². The fraction of sp³-hybridized carbons (Fsp3) is 0.522. The van der Waals surface area contributed by atoms with Gasteiger partial charge in [-0.3, -0.25) is 14.3 Å². The van der Waals surface area contributed by atoms with E-state index in [2.05, 4.69) is 20.3 Å². The molecule has 2 rings (SSSR count). The van der Waals surface area contributed by atoms with Crippen LogP contribution < -0.4 is 15.4 Å². The minimum atomic E-state index is -3.56. The number of aliphatic hydroxyl groups is 1. The van der Waals surface area contributed by atoms with E-state index in [1.807, 2.05) is 44.2 Å². The van der Waals surface area contributed by atoms with Gasteiger partial charge in [0.25, 0.3) is 11.8 Å². The van der Waals surface area contributed by atoms with Crippen molar-refractivity contribution in [3.63, 3.8) is 0 Å². The molecule has 0 saturated carbocycles. The van der Waals surface area contributed by atoms with Gasteiger partial charge in [-0.1, -0.05) is 44.2 Å². The number of nitrogens with zero attached hydrogens (tertiary/aromatic N) is 1. The van der Waals surface area contributed by atoms with Gasteiger partial charge in [-0.25, -0.2) is 13.4 Å². The zero-order chi connectivity index (χ0) is 26.7. The number of carbonyl (C=O) groups excluding carboxylic acids is 2. The number of anilines is 1. The first-order valence-corrected chi connectivity index (χ1v) is 14.1. The molecule has 11 nitrogen and oxygen atoms in total. The summed E-state index contributed by atoms with van der Waals surface area (Å²) in [5, 5.41) is 18.2. The molecule has 0 aliphatic carbocycles. The normalized spacial score (nSPS) is 14.2. The minimum absolute atomic E-state index is 0.0301. The van der Waals surface area contributed by atoms with E-state index in [0.717, 1.165) is 23.2 Å². The lowest BCUT2D eigenvalue weighted by atomic mass is 9.96. The Kier molecular flexibility index (Phi) is 11.7. The van der Waals surface area contributed by atoms with Crippen molar-refractivity contribution in [2.45, 2.75) is 38.5 Å². The van der Waals surface area contributed by atoms with Gasteiger partial charge in [-0.2, -0.15) is 0 Å². The number of thiazole rings is 1. The van der Waals surface area contributed by atoms with Gasteiger partial charge in [0, 0.05) is 19.0 Å². The summed E-state index contributed by atoms with van der Waals surface area (Å²) < 4.78 is 35.8. The minimum Gasteiger partial charge on any atom is -0.388 e. The number of aliphatic hydroxyl groups excluding tert-OH is 1. The lowest BCUT2D eigenvalue weighted by Gasteiger charge is -2.30. The smallest absolute Gasteiger partial charge is 0.271 e. The van der Waals surface area contributed by atoms with Crippen LogP contribution in [0.15, 0.2) is 35.7 Å². The summed E-state index contributed by atoms with van der Waals surface area (Å²) in [5.41, 5.74) is 0.787. The van der Waals surface area contributed by atoms with E-state index >= 15 is 0 Å². The topological polar surface area (TPSA) is 156 Å². The second kappa shape index (κ2) is 14.2. The number of rotatable bonds is 15. The van der Waals surface area contributed by atoms with Gasteiger partial charge in [0.15, 0.2) is 11.2 Å². The summed E-state index contributed by atoms with van der Waals surface area (Å²) >= 11 is 0.951. The Morgan fingerprint density at radius 1 is 1.17 bits per heavy atom. The molecule has 36 heavy (non-hydrogen) atoms. The Labute approximate surface area is 215 Å². The van der Waals surface area contributed by atoms with Crippen LogP contribution in [0.25, 0.3) is 0 Å². The Morgan fingerprint density at radius 2 is 1.86 bits per heavy atom. The second-order valence-corrected chi connectivity index (χ2v) is 11.2. The molecule has 0 bridgehead atoms. The number of methoxy groups -OCH3 is 1. The SMILES string of the molecule is COCCO[C@@H](C(=O)NCC(C)C)[C@H](O)[C@H](Cc1ccccc1)NC(=O)c1csc(NS(C)(=O)=O)n1. The van der Waals surface area contributed by atoms with Gasteiger partial charge in [0.05, 0.1) is 25.5 Å². The third kappa shape index (κ3) is 10.2. The highest BCUT2D eigenvalue weighted by atomic mass is 32.2. The molecule has 0 fully saturated rings. The molecule has 2 aromatic rings. The van der Waals surface area contributed by atoms with E-state index in [1.54, 1.807) is 0 Å². The van der Waals surface area contributed by atoms with Crippen molar-refractivity contribution in [2.75, 3.05) is 37.8 Å². The number of ether oxygens (including phenoxy) is 2. The predicted molar refractivity (Wildman–Crippen MR) is 137 cm³/mol. The van der Waals surface area contributed by atoms with E-state index in [0.29, 0.717) is 6.54 Å². The van der Waals surface area contributed by atoms with E-state index in [4.69, 9.17) is 9.47 Å². The monoisotopic (exact) mass is 542 g/mol. The molecule has 2 amide bonds. The lowest BCUT2D eigenvalue weighted by Crippen LogP contribution is -2.55. The fourth-order valence-electron chi connectivity index (χ4n) is 3.16. The number of aromatic nitrogens is 1. The first-order chi connectivity index (χ1) is 17.0. The van der Waals surface area contributed by atoms with Gasteiger partial charge >= 0.3 is 0 Å². The molecule has 0 radical (unpaired) electrons. The van der Waals surface area contributed by atoms with Gasteiger partial charge in [-0.15, -0.1) is 11.3 Å². The molecular formula is C23H34N4O7S2. The average Bonchev–Trinajstić information content (AvgIpc) is 3.27. The van der Waals surface area contributed by atoms with Crippen molar-refractivity contribution in [3.05, 3.63) is 47.0 Å². The number of hydrogen-bond acceptors (Lipinski definition) is 9. The Bertz CT molecular complexity index is 1080. The van der Waals surface area contributed by atoms with Crippen LogP contribution in [0.4, 0.5) is 5.13 Å². The number of hydrogen-bond donors (Lipinski definition) is 4. The molecular weight excluding hydrogens is 508 g/mol. The van der Waals surface area contributed by atoms with Crippen LogP contribution in [0.1, 0.15) is 29.9 Å². The maximum atomic E-state index is 13.0. The lowest BCUT2D eigenvalue weighted by molar-refractivity contribution is -0.143. The van der Waals surface area contributed by atoms with Crippen molar-refractivity contribution in [3.8, 4) is 0 Å². The molecule has 1 aromatic heterocycles. The average molecular weight is 543 g/mol. The summed E-state index contributed by atoms with van der Waals surface area (Å²) in [5.74, 6) is -0.955. The molecule has 13 heteroatoms. The van der Waals surface area contributed by atoms with Gasteiger partial charge in [0.2, 0.25) is 10.0 Å². The zero-order valence-corrected chi connectivity index (χ0v) is 22.4. The maximum absolute atomic E-state index is 13.0. The van der Waals surface area contributed by atoms with Crippen molar-refractivity contribution in [2.24, 2.45) is 5.92 Å². The Hall–Kier alpha value is -2.58. The summed E-state index contributed by atoms with van der Waals surface area (Å²) in [6.07, 6.45) is -1.50. The van der Waals surface area contributed by atoms with Crippen LogP contribution in [-0.2, 0) is 30.7 Å². The highest BCUT2D eigenvalue weighted by molar-refractivity contribution is 7.92. The van der Waals surface area contributed by atoms with E-state index < -0.39 is 40.1 Å². The standard InChI is InChI=1S/C23H34N4O7S2/c1-15(2)13-24-22(30)20(34-11-10-33-3)19(28)17(12-16-8-6-5-7-9-16)25-21(29)18-14-35-23(26-18)27-36(4,31)32/h5-9,14-15,17,19-20,28H,10-13H2,1-4H3,(H,24,30)(H,25,29)(H,26,27)/t17-,19+,20+/m0/s1. The molecule has 0 spiro atoms. The number of nitrogens with one attached hydrogen (secondary N) is 3. The zero-order valence-electron chi connectivity index (χ0n) is 20.8. The third-order valence-electron chi connectivity index (χ3n) is 4.87. The van der Waals surface area contributed by atoms with E-state index in [9.17, 15) is 23.1 Å². The highest BCUT2D eigenvalue weighted by Gasteiger charge is 2.35. The van der Waals surface area contributed by atoms with Crippen LogP contribution in [-0.4, -0.2) is 81.7 Å². The molecule has 0 aliphatic rings. The van der Waals surface area contributed by atoms with Crippen LogP contribution in [0.3, 0.4) is 0 Å². The van der Waals surface area contributed by atoms with E-state index in [1.165, 1.54) is 12.5 Å². The molecule has 0 saturated heterocycles. The molecule has 1 aromatic carbocycles. The fourth-order valence-corrected chi connectivity index (χ4v) is 4.70. The quantitative estimate of drug-likeness (QED) is 0.243. The molecule has 0 unspecified atom stereocenters. The summed E-state index contributed by atoms with van der Waals surface area (Å²) in [4.78, 5) is 29.9. The first-order valence-electron chi connectivity index (χ1n) is 11.3. The van der Waals surface area contributed by atoms with E-state index in [-0.39, 0.29) is 36.4 Å². The van der Waals surface area contributed by atoms with Crippen molar-refractivity contribution >= 4 is 38.3 Å². The predicted octanol–water partition coefficient (Wildman–Crippen LogP) is 1.02.